The maximum absolute atomic E-state index is 11.0. The van der Waals surface area contributed by atoms with Gasteiger partial charge in [0.15, 0.2) is 0 Å². The van der Waals surface area contributed by atoms with Crippen molar-refractivity contribution < 1.29 is 9.53 Å². The number of ether oxygens (including phenoxy) is 1. The topological polar surface area (TPSA) is 38.3 Å². The fraction of sp³-hybridized carbons (Fsp3) is 0.875. The second kappa shape index (κ2) is 4.82. The molecule has 1 fully saturated rings. The van der Waals surface area contributed by atoms with Crippen LogP contribution in [0.5, 0.6) is 0 Å². The molecule has 2 atom stereocenters. The van der Waals surface area contributed by atoms with Crippen LogP contribution in [-0.2, 0) is 9.53 Å². The van der Waals surface area contributed by atoms with E-state index in [4.69, 9.17) is 4.74 Å². The normalized spacial score (nSPS) is 28.8. The number of nitrogens with one attached hydrogen (secondary N) is 1. The molecule has 1 amide bonds. The fourth-order valence-electron chi connectivity index (χ4n) is 1.55. The highest BCUT2D eigenvalue weighted by atomic mass is 79.9. The van der Waals surface area contributed by atoms with Crippen LogP contribution in [0.2, 0.25) is 0 Å². The monoisotopic (exact) mass is 235 g/mol. The van der Waals surface area contributed by atoms with Crippen molar-refractivity contribution in [3.63, 3.8) is 0 Å². The Balaban J connectivity index is 2.23. The molecule has 1 rings (SSSR count). The van der Waals surface area contributed by atoms with Crippen molar-refractivity contribution >= 4 is 21.8 Å². The standard InChI is InChI=1S/C8H14BrNO2/c1-12-7-3-2-6(4-7)10-8(11)5-9/h6-7H,2-5H2,1H3,(H,10,11). The Labute approximate surface area is 81.0 Å². The van der Waals surface area contributed by atoms with E-state index < -0.39 is 0 Å². The van der Waals surface area contributed by atoms with E-state index in [0.29, 0.717) is 17.5 Å². The summed E-state index contributed by atoms with van der Waals surface area (Å²) in [5, 5.41) is 3.32. The molecular weight excluding hydrogens is 222 g/mol. The maximum atomic E-state index is 11.0. The van der Waals surface area contributed by atoms with Gasteiger partial charge in [0.2, 0.25) is 5.91 Å². The van der Waals surface area contributed by atoms with E-state index in [1.54, 1.807) is 7.11 Å². The van der Waals surface area contributed by atoms with Crippen molar-refractivity contribution in [1.82, 2.24) is 5.32 Å². The van der Waals surface area contributed by atoms with Gasteiger partial charge in [-0.15, -0.1) is 0 Å². The zero-order chi connectivity index (χ0) is 8.97. The minimum absolute atomic E-state index is 0.0664. The third kappa shape index (κ3) is 2.75. The summed E-state index contributed by atoms with van der Waals surface area (Å²) in [6, 6.07) is 0.319. The predicted octanol–water partition coefficient (Wildman–Crippen LogP) is 1.06. The van der Waals surface area contributed by atoms with Crippen LogP contribution < -0.4 is 5.32 Å². The van der Waals surface area contributed by atoms with Crippen LogP contribution in [0.25, 0.3) is 0 Å². The molecule has 0 saturated heterocycles. The molecule has 0 aromatic carbocycles. The Morgan fingerprint density at radius 3 is 2.92 bits per heavy atom. The molecule has 0 spiro atoms. The average molecular weight is 236 g/mol. The zero-order valence-electron chi connectivity index (χ0n) is 7.18. The summed E-state index contributed by atoms with van der Waals surface area (Å²) in [6.45, 7) is 0. The van der Waals surface area contributed by atoms with Gasteiger partial charge in [0.05, 0.1) is 11.4 Å². The van der Waals surface area contributed by atoms with E-state index in [9.17, 15) is 4.79 Å². The molecule has 3 nitrogen and oxygen atoms in total. The first kappa shape index (κ1) is 9.99. The Kier molecular flexibility index (Phi) is 4.01. The minimum atomic E-state index is 0.0664. The van der Waals surface area contributed by atoms with Crippen molar-refractivity contribution in [2.45, 2.75) is 31.4 Å². The first-order valence-corrected chi connectivity index (χ1v) is 5.26. The van der Waals surface area contributed by atoms with Gasteiger partial charge in [0.25, 0.3) is 0 Å². The number of methoxy groups -OCH3 is 1. The van der Waals surface area contributed by atoms with Crippen LogP contribution in [0.4, 0.5) is 0 Å². The molecule has 0 aliphatic heterocycles. The van der Waals surface area contributed by atoms with Crippen LogP contribution in [0.3, 0.4) is 0 Å². The Morgan fingerprint density at radius 1 is 1.67 bits per heavy atom. The number of hydrogen-bond acceptors (Lipinski definition) is 2. The Hall–Kier alpha value is -0.0900. The molecule has 0 aromatic rings. The van der Waals surface area contributed by atoms with Crippen molar-refractivity contribution in [1.29, 1.82) is 0 Å². The minimum Gasteiger partial charge on any atom is -0.381 e. The molecule has 0 bridgehead atoms. The SMILES string of the molecule is COC1CCC(NC(=O)CBr)C1. The number of carbonyl (C=O) groups excluding carboxylic acids is 1. The third-order valence-electron chi connectivity index (χ3n) is 2.20. The lowest BCUT2D eigenvalue weighted by molar-refractivity contribution is -0.119. The Morgan fingerprint density at radius 2 is 2.42 bits per heavy atom. The first-order valence-electron chi connectivity index (χ1n) is 4.14. The molecule has 70 valence electrons. The van der Waals surface area contributed by atoms with E-state index in [1.165, 1.54) is 0 Å². The lowest BCUT2D eigenvalue weighted by Crippen LogP contribution is -2.34. The Bertz CT molecular complexity index is 163. The number of carbonyl (C=O) groups is 1. The van der Waals surface area contributed by atoms with Gasteiger partial charge in [0.1, 0.15) is 0 Å². The van der Waals surface area contributed by atoms with Gasteiger partial charge in [-0.1, -0.05) is 15.9 Å². The number of amides is 1. The maximum Gasteiger partial charge on any atom is 0.230 e. The summed E-state index contributed by atoms with van der Waals surface area (Å²) in [5.41, 5.74) is 0. The number of rotatable bonds is 3. The van der Waals surface area contributed by atoms with Gasteiger partial charge in [-0.25, -0.2) is 0 Å². The molecule has 0 heterocycles. The zero-order valence-corrected chi connectivity index (χ0v) is 8.76. The molecule has 1 N–H and O–H groups in total. The second-order valence-electron chi connectivity index (χ2n) is 3.07. The van der Waals surface area contributed by atoms with Crippen LogP contribution in [0.1, 0.15) is 19.3 Å². The van der Waals surface area contributed by atoms with Crippen molar-refractivity contribution in [3.05, 3.63) is 0 Å². The average Bonchev–Trinajstić information content (AvgIpc) is 2.52. The van der Waals surface area contributed by atoms with Crippen molar-refractivity contribution in [2.75, 3.05) is 12.4 Å². The quantitative estimate of drug-likeness (QED) is 0.744. The molecule has 0 radical (unpaired) electrons. The molecule has 1 aliphatic rings. The summed E-state index contributed by atoms with van der Waals surface area (Å²) in [4.78, 5) is 11.0. The van der Waals surface area contributed by atoms with Gasteiger partial charge < -0.3 is 10.1 Å². The summed E-state index contributed by atoms with van der Waals surface area (Å²) in [6.07, 6.45) is 3.39. The summed E-state index contributed by atoms with van der Waals surface area (Å²) in [7, 11) is 1.72. The first-order chi connectivity index (χ1) is 5.76. The van der Waals surface area contributed by atoms with E-state index in [0.717, 1.165) is 19.3 Å². The summed E-state index contributed by atoms with van der Waals surface area (Å²) < 4.78 is 5.19. The van der Waals surface area contributed by atoms with Crippen LogP contribution in [0.15, 0.2) is 0 Å². The summed E-state index contributed by atoms with van der Waals surface area (Å²) in [5.74, 6) is 0.0664. The molecule has 4 heteroatoms. The number of alkyl halides is 1. The van der Waals surface area contributed by atoms with E-state index in [-0.39, 0.29) is 5.91 Å². The van der Waals surface area contributed by atoms with Crippen molar-refractivity contribution in [3.8, 4) is 0 Å². The van der Waals surface area contributed by atoms with Crippen LogP contribution in [-0.4, -0.2) is 30.5 Å². The predicted molar refractivity (Wildman–Crippen MR) is 50.4 cm³/mol. The summed E-state index contributed by atoms with van der Waals surface area (Å²) >= 11 is 3.11. The second-order valence-corrected chi connectivity index (χ2v) is 3.63. The lowest BCUT2D eigenvalue weighted by atomic mass is 10.2. The molecule has 1 aliphatic carbocycles. The largest absolute Gasteiger partial charge is 0.381 e. The third-order valence-corrected chi connectivity index (χ3v) is 2.71. The van der Waals surface area contributed by atoms with Gasteiger partial charge in [0, 0.05) is 13.2 Å². The van der Waals surface area contributed by atoms with Gasteiger partial charge in [-0.2, -0.15) is 0 Å². The van der Waals surface area contributed by atoms with Gasteiger partial charge in [-0.3, -0.25) is 4.79 Å². The molecule has 12 heavy (non-hydrogen) atoms. The molecular formula is C8H14BrNO2. The van der Waals surface area contributed by atoms with E-state index in [2.05, 4.69) is 21.2 Å². The lowest BCUT2D eigenvalue weighted by Gasteiger charge is -2.11. The number of halogens is 1. The van der Waals surface area contributed by atoms with E-state index >= 15 is 0 Å². The number of hydrogen-bond donors (Lipinski definition) is 1. The molecule has 1 saturated carbocycles. The van der Waals surface area contributed by atoms with Crippen molar-refractivity contribution in [2.24, 2.45) is 0 Å². The van der Waals surface area contributed by atoms with Gasteiger partial charge in [-0.05, 0) is 19.3 Å². The van der Waals surface area contributed by atoms with Crippen LogP contribution >= 0.6 is 15.9 Å². The highest BCUT2D eigenvalue weighted by Crippen LogP contribution is 2.21. The molecule has 0 aromatic heterocycles. The highest BCUT2D eigenvalue weighted by molar-refractivity contribution is 9.09. The molecule has 2 unspecified atom stereocenters. The van der Waals surface area contributed by atoms with Crippen LogP contribution in [0, 0.1) is 0 Å². The van der Waals surface area contributed by atoms with Gasteiger partial charge >= 0.3 is 0 Å². The smallest absolute Gasteiger partial charge is 0.230 e. The highest BCUT2D eigenvalue weighted by Gasteiger charge is 2.24. The fourth-order valence-corrected chi connectivity index (χ4v) is 1.71. The van der Waals surface area contributed by atoms with E-state index in [1.807, 2.05) is 0 Å².